The first-order valence-corrected chi connectivity index (χ1v) is 6.11. The van der Waals surface area contributed by atoms with Crippen molar-refractivity contribution in [1.29, 1.82) is 0 Å². The van der Waals surface area contributed by atoms with Gasteiger partial charge in [-0.15, -0.1) is 0 Å². The second-order valence-corrected chi connectivity index (χ2v) is 5.18. The van der Waals surface area contributed by atoms with Crippen LogP contribution in [0.5, 0.6) is 0 Å². The predicted molar refractivity (Wildman–Crippen MR) is 58.8 cm³/mol. The smallest absolute Gasteiger partial charge is 0.393 e. The van der Waals surface area contributed by atoms with Gasteiger partial charge in [-0.25, -0.2) is 13.1 Å². The topological polar surface area (TPSA) is 115 Å². The summed E-state index contributed by atoms with van der Waals surface area (Å²) in [5.41, 5.74) is 4.25. The summed E-state index contributed by atoms with van der Waals surface area (Å²) in [7, 11) is -4.50. The zero-order valence-corrected chi connectivity index (χ0v) is 9.96. The third kappa shape index (κ3) is 4.06. The van der Waals surface area contributed by atoms with E-state index in [0.717, 1.165) is 12.1 Å². The van der Waals surface area contributed by atoms with Gasteiger partial charge in [-0.1, -0.05) is 0 Å². The van der Waals surface area contributed by atoms with E-state index in [9.17, 15) is 31.7 Å². The maximum absolute atomic E-state index is 11.9. The number of sulfonamides is 1. The molecule has 0 saturated carbocycles. The van der Waals surface area contributed by atoms with Crippen molar-refractivity contribution in [3.63, 3.8) is 0 Å². The Morgan fingerprint density at radius 2 is 1.95 bits per heavy atom. The summed E-state index contributed by atoms with van der Waals surface area (Å²) >= 11 is 0. The van der Waals surface area contributed by atoms with E-state index in [1.54, 1.807) is 0 Å². The van der Waals surface area contributed by atoms with Crippen molar-refractivity contribution in [3.05, 3.63) is 28.3 Å². The lowest BCUT2D eigenvalue weighted by molar-refractivity contribution is -0.384. The van der Waals surface area contributed by atoms with E-state index in [0.29, 0.717) is 6.07 Å². The van der Waals surface area contributed by atoms with Crippen LogP contribution in [0.4, 0.5) is 24.5 Å². The van der Waals surface area contributed by atoms with Gasteiger partial charge >= 0.3 is 6.18 Å². The number of nitrogens with zero attached hydrogens (tertiary/aromatic N) is 1. The van der Waals surface area contributed by atoms with Crippen molar-refractivity contribution < 1.29 is 26.5 Å². The molecule has 106 valence electrons. The number of nitrogen functional groups attached to an aromatic ring is 1. The average molecular weight is 299 g/mol. The molecule has 1 aromatic carbocycles. The van der Waals surface area contributed by atoms with E-state index in [1.807, 2.05) is 0 Å². The van der Waals surface area contributed by atoms with Crippen LogP contribution in [-0.4, -0.2) is 26.1 Å². The third-order valence-electron chi connectivity index (χ3n) is 1.97. The molecule has 3 N–H and O–H groups in total. The van der Waals surface area contributed by atoms with Gasteiger partial charge in [0, 0.05) is 6.07 Å². The van der Waals surface area contributed by atoms with Crippen molar-refractivity contribution in [2.24, 2.45) is 0 Å². The normalized spacial score (nSPS) is 12.4. The zero-order valence-electron chi connectivity index (χ0n) is 9.14. The molecule has 0 unspecified atom stereocenters. The summed E-state index contributed by atoms with van der Waals surface area (Å²) in [5, 5.41) is 10.5. The summed E-state index contributed by atoms with van der Waals surface area (Å²) < 4.78 is 60.0. The Hall–Kier alpha value is -1.88. The van der Waals surface area contributed by atoms with Crippen LogP contribution in [0.1, 0.15) is 0 Å². The van der Waals surface area contributed by atoms with Crippen LogP contribution < -0.4 is 10.5 Å². The van der Waals surface area contributed by atoms with Gasteiger partial charge in [-0.2, -0.15) is 13.2 Å². The molecule has 0 heterocycles. The van der Waals surface area contributed by atoms with Crippen LogP contribution in [-0.2, 0) is 10.0 Å². The van der Waals surface area contributed by atoms with E-state index in [2.05, 4.69) is 0 Å². The summed E-state index contributed by atoms with van der Waals surface area (Å²) in [4.78, 5) is 8.95. The molecular weight excluding hydrogens is 291 g/mol. The van der Waals surface area contributed by atoms with Crippen molar-refractivity contribution in [2.75, 3.05) is 12.3 Å². The Morgan fingerprint density at radius 1 is 1.37 bits per heavy atom. The van der Waals surface area contributed by atoms with Crippen LogP contribution in [0.2, 0.25) is 0 Å². The number of nitrogens with one attached hydrogen (secondary N) is 1. The molecule has 0 atom stereocenters. The molecule has 0 spiro atoms. The number of hydrogen-bond donors (Lipinski definition) is 2. The minimum Gasteiger partial charge on any atom is -0.393 e. The lowest BCUT2D eigenvalue weighted by atomic mass is 10.3. The number of hydrogen-bond acceptors (Lipinski definition) is 5. The number of anilines is 1. The van der Waals surface area contributed by atoms with Gasteiger partial charge < -0.3 is 5.73 Å². The summed E-state index contributed by atoms with van der Waals surface area (Å²) in [5.74, 6) is 0. The molecule has 11 heteroatoms. The van der Waals surface area contributed by atoms with Gasteiger partial charge in [-0.05, 0) is 12.1 Å². The highest BCUT2D eigenvalue weighted by Crippen LogP contribution is 2.25. The molecule has 0 radical (unpaired) electrons. The molecule has 0 amide bonds. The van der Waals surface area contributed by atoms with Crippen LogP contribution in [0, 0.1) is 10.1 Å². The fraction of sp³-hybridized carbons (Fsp3) is 0.250. The Kier molecular flexibility index (Phi) is 4.00. The second kappa shape index (κ2) is 5.01. The zero-order chi connectivity index (χ0) is 14.8. The largest absolute Gasteiger partial charge is 0.402 e. The maximum Gasteiger partial charge on any atom is 0.402 e. The number of benzene rings is 1. The lowest BCUT2D eigenvalue weighted by Gasteiger charge is -2.09. The number of halogens is 3. The minimum absolute atomic E-state index is 0.292. The summed E-state index contributed by atoms with van der Waals surface area (Å²) in [6.07, 6.45) is -4.73. The fourth-order valence-electron chi connectivity index (χ4n) is 1.11. The quantitative estimate of drug-likeness (QED) is 0.489. The maximum atomic E-state index is 11.9. The van der Waals surface area contributed by atoms with Crippen molar-refractivity contribution >= 4 is 21.4 Å². The Balaban J connectivity index is 3.09. The first kappa shape index (κ1) is 15.2. The highest BCUT2D eigenvalue weighted by Gasteiger charge is 2.30. The van der Waals surface area contributed by atoms with E-state index in [-0.39, 0.29) is 5.69 Å². The standard InChI is InChI=1S/C8H8F3N3O4S/c9-8(10,11)4-13-19(17,18)5-1-2-6(12)7(3-5)14(15)16/h1-3,13H,4,12H2. The monoisotopic (exact) mass is 299 g/mol. The fourth-order valence-corrected chi connectivity index (χ4v) is 2.14. The molecule has 0 aliphatic rings. The van der Waals surface area contributed by atoms with Gasteiger partial charge in [0.1, 0.15) is 12.2 Å². The molecule has 7 nitrogen and oxygen atoms in total. The van der Waals surface area contributed by atoms with Gasteiger partial charge in [0.15, 0.2) is 0 Å². The molecule has 1 aromatic rings. The number of nitro benzene ring substituents is 1. The first-order chi connectivity index (χ1) is 8.53. The van der Waals surface area contributed by atoms with Crippen LogP contribution in [0.3, 0.4) is 0 Å². The predicted octanol–water partition coefficient (Wildman–Crippen LogP) is 1.02. The number of nitrogens with two attached hydrogens (primary N) is 1. The van der Waals surface area contributed by atoms with E-state index < -0.39 is 38.3 Å². The van der Waals surface area contributed by atoms with Crippen LogP contribution >= 0.6 is 0 Å². The summed E-state index contributed by atoms with van der Waals surface area (Å²) in [6, 6.07) is 2.40. The molecule has 0 fully saturated rings. The molecule has 19 heavy (non-hydrogen) atoms. The Labute approximate surface area is 105 Å². The first-order valence-electron chi connectivity index (χ1n) is 4.63. The highest BCUT2D eigenvalue weighted by atomic mass is 32.2. The molecule has 0 bridgehead atoms. The molecule has 0 aliphatic carbocycles. The Bertz CT molecular complexity index is 600. The molecule has 1 rings (SSSR count). The van der Waals surface area contributed by atoms with Gasteiger partial charge in [0.2, 0.25) is 10.0 Å². The van der Waals surface area contributed by atoms with Crippen molar-refractivity contribution in [2.45, 2.75) is 11.1 Å². The minimum atomic E-state index is -4.73. The Morgan fingerprint density at radius 3 is 2.42 bits per heavy atom. The van der Waals surface area contributed by atoms with Crippen molar-refractivity contribution in [1.82, 2.24) is 4.72 Å². The van der Waals surface area contributed by atoms with E-state index in [1.165, 1.54) is 4.72 Å². The molecular formula is C8H8F3N3O4S. The average Bonchev–Trinajstić information content (AvgIpc) is 2.25. The van der Waals surface area contributed by atoms with Gasteiger partial charge in [0.05, 0.1) is 9.82 Å². The molecule has 0 aromatic heterocycles. The number of nitro groups is 1. The van der Waals surface area contributed by atoms with Crippen molar-refractivity contribution in [3.8, 4) is 0 Å². The third-order valence-corrected chi connectivity index (χ3v) is 3.37. The summed E-state index contributed by atoms with van der Waals surface area (Å²) in [6.45, 7) is -1.77. The van der Waals surface area contributed by atoms with Crippen LogP contribution in [0.25, 0.3) is 0 Å². The molecule has 0 aliphatic heterocycles. The van der Waals surface area contributed by atoms with E-state index >= 15 is 0 Å². The van der Waals surface area contributed by atoms with Gasteiger partial charge in [-0.3, -0.25) is 10.1 Å². The molecule has 0 saturated heterocycles. The van der Waals surface area contributed by atoms with E-state index in [4.69, 9.17) is 5.73 Å². The van der Waals surface area contributed by atoms with Gasteiger partial charge in [0.25, 0.3) is 5.69 Å². The van der Waals surface area contributed by atoms with Crippen LogP contribution in [0.15, 0.2) is 23.1 Å². The second-order valence-electron chi connectivity index (χ2n) is 3.42. The SMILES string of the molecule is Nc1ccc(S(=O)(=O)NCC(F)(F)F)cc1[N+](=O)[O-]. The highest BCUT2D eigenvalue weighted by molar-refractivity contribution is 7.89. The number of rotatable bonds is 4. The number of alkyl halides is 3. The lowest BCUT2D eigenvalue weighted by Crippen LogP contribution is -2.33.